The van der Waals surface area contributed by atoms with Crippen LogP contribution in [0.15, 0.2) is 0 Å². The van der Waals surface area contributed by atoms with Crippen molar-refractivity contribution >= 4 is 28.2 Å². The average Bonchev–Trinajstić information content (AvgIpc) is 3.07. The maximum atomic E-state index is 12.5. The van der Waals surface area contributed by atoms with Gasteiger partial charge >= 0.3 is 0 Å². The van der Waals surface area contributed by atoms with Gasteiger partial charge in [-0.3, -0.25) is 14.5 Å². The molecule has 6 nitrogen and oxygen atoms in total. The van der Waals surface area contributed by atoms with Gasteiger partial charge in [0.2, 0.25) is 5.91 Å². The van der Waals surface area contributed by atoms with E-state index in [0.717, 1.165) is 37.9 Å². The van der Waals surface area contributed by atoms with Gasteiger partial charge in [0, 0.05) is 18.0 Å². The van der Waals surface area contributed by atoms with Gasteiger partial charge in [-0.25, -0.2) is 0 Å². The second-order valence-electron chi connectivity index (χ2n) is 5.74. The lowest BCUT2D eigenvalue weighted by Gasteiger charge is -2.31. The van der Waals surface area contributed by atoms with Crippen LogP contribution in [-0.4, -0.2) is 49.1 Å². The number of rotatable bonds is 4. The second kappa shape index (κ2) is 6.36. The van der Waals surface area contributed by atoms with Gasteiger partial charge in [0.05, 0.1) is 24.8 Å². The Labute approximate surface area is 133 Å². The Hall–Kier alpha value is -1.44. The Morgan fingerprint density at radius 2 is 2.05 bits per heavy atom. The highest BCUT2D eigenvalue weighted by Crippen LogP contribution is 2.38. The van der Waals surface area contributed by atoms with Gasteiger partial charge in [-0.2, -0.15) is 0 Å². The smallest absolute Gasteiger partial charge is 0.251 e. The number of morpholine rings is 1. The third-order valence-corrected chi connectivity index (χ3v) is 5.58. The molecule has 1 aliphatic heterocycles. The lowest BCUT2D eigenvalue weighted by Crippen LogP contribution is -2.47. The molecule has 1 aromatic heterocycles. The van der Waals surface area contributed by atoms with Crippen LogP contribution in [0.25, 0.3) is 0 Å². The standard InChI is InChI=1S/C15H21N3O3S/c1-9(18-5-7-21-8-6-18)14(20)17-15-12(13(16)19)10-3-2-4-11(10)22-15/h9H,2-8H2,1H3,(H2,16,19)(H,17,20)/t9-/m1/s1. The molecule has 120 valence electrons. The van der Waals surface area contributed by atoms with Crippen molar-refractivity contribution in [2.45, 2.75) is 32.2 Å². The molecular formula is C15H21N3O3S. The van der Waals surface area contributed by atoms with Crippen LogP contribution in [0.1, 0.15) is 34.1 Å². The molecule has 0 saturated carbocycles. The molecule has 0 unspecified atom stereocenters. The van der Waals surface area contributed by atoms with E-state index in [1.807, 2.05) is 6.92 Å². The van der Waals surface area contributed by atoms with Crippen molar-refractivity contribution in [1.29, 1.82) is 0 Å². The van der Waals surface area contributed by atoms with Crippen molar-refractivity contribution in [3.8, 4) is 0 Å². The molecule has 1 aliphatic carbocycles. The molecule has 1 atom stereocenters. The molecule has 22 heavy (non-hydrogen) atoms. The van der Waals surface area contributed by atoms with Gasteiger partial charge in [0.25, 0.3) is 5.91 Å². The summed E-state index contributed by atoms with van der Waals surface area (Å²) in [6.45, 7) is 4.68. The van der Waals surface area contributed by atoms with Gasteiger partial charge < -0.3 is 15.8 Å². The van der Waals surface area contributed by atoms with Crippen molar-refractivity contribution in [3.05, 3.63) is 16.0 Å². The number of carbonyl (C=O) groups is 2. The van der Waals surface area contributed by atoms with Crippen LogP contribution in [0.5, 0.6) is 0 Å². The zero-order chi connectivity index (χ0) is 15.7. The van der Waals surface area contributed by atoms with E-state index in [9.17, 15) is 9.59 Å². The van der Waals surface area contributed by atoms with Crippen LogP contribution in [0.4, 0.5) is 5.00 Å². The molecule has 1 saturated heterocycles. The van der Waals surface area contributed by atoms with Crippen LogP contribution in [0.2, 0.25) is 0 Å². The third kappa shape index (κ3) is 2.88. The largest absolute Gasteiger partial charge is 0.379 e. The third-order valence-electron chi connectivity index (χ3n) is 4.38. The van der Waals surface area contributed by atoms with Crippen molar-refractivity contribution in [1.82, 2.24) is 4.90 Å². The van der Waals surface area contributed by atoms with Gasteiger partial charge in [0.15, 0.2) is 0 Å². The Bertz CT molecular complexity index is 593. The predicted octanol–water partition coefficient (Wildman–Crippen LogP) is 0.995. The molecule has 2 heterocycles. The summed E-state index contributed by atoms with van der Waals surface area (Å²) in [5.41, 5.74) is 7.06. The molecule has 0 spiro atoms. The average molecular weight is 323 g/mol. The summed E-state index contributed by atoms with van der Waals surface area (Å²) in [6.07, 6.45) is 2.90. The first-order valence-electron chi connectivity index (χ1n) is 7.65. The second-order valence-corrected chi connectivity index (χ2v) is 6.84. The maximum Gasteiger partial charge on any atom is 0.251 e. The molecule has 0 bridgehead atoms. The quantitative estimate of drug-likeness (QED) is 0.865. The number of carbonyl (C=O) groups excluding carboxylic acids is 2. The predicted molar refractivity (Wildman–Crippen MR) is 85.3 cm³/mol. The van der Waals surface area contributed by atoms with E-state index in [1.165, 1.54) is 16.2 Å². The maximum absolute atomic E-state index is 12.5. The van der Waals surface area contributed by atoms with Gasteiger partial charge in [-0.1, -0.05) is 0 Å². The van der Waals surface area contributed by atoms with E-state index in [-0.39, 0.29) is 11.9 Å². The topological polar surface area (TPSA) is 84.7 Å². The minimum Gasteiger partial charge on any atom is -0.379 e. The monoisotopic (exact) mass is 323 g/mol. The highest BCUT2D eigenvalue weighted by atomic mass is 32.1. The number of nitrogens with two attached hydrogens (primary N) is 1. The molecule has 0 radical (unpaired) electrons. The fourth-order valence-electron chi connectivity index (χ4n) is 3.10. The van der Waals surface area contributed by atoms with E-state index in [2.05, 4.69) is 10.2 Å². The number of amides is 2. The van der Waals surface area contributed by atoms with E-state index in [1.54, 1.807) is 0 Å². The number of anilines is 1. The van der Waals surface area contributed by atoms with Crippen LogP contribution in [0.3, 0.4) is 0 Å². The summed E-state index contributed by atoms with van der Waals surface area (Å²) in [5.74, 6) is -0.543. The molecule has 7 heteroatoms. The van der Waals surface area contributed by atoms with Gasteiger partial charge in [-0.15, -0.1) is 11.3 Å². The Morgan fingerprint density at radius 1 is 1.32 bits per heavy atom. The van der Waals surface area contributed by atoms with Crippen LogP contribution in [-0.2, 0) is 22.4 Å². The van der Waals surface area contributed by atoms with Gasteiger partial charge in [-0.05, 0) is 31.7 Å². The normalized spacial score (nSPS) is 19.7. The summed E-state index contributed by atoms with van der Waals surface area (Å²) in [7, 11) is 0. The summed E-state index contributed by atoms with van der Waals surface area (Å²) in [6, 6.07) is -0.249. The van der Waals surface area contributed by atoms with Crippen LogP contribution in [0, 0.1) is 0 Å². The summed E-state index contributed by atoms with van der Waals surface area (Å²) >= 11 is 1.49. The SMILES string of the molecule is C[C@H](C(=O)Nc1sc2c(c1C(N)=O)CCC2)N1CCOCC1. The molecule has 3 rings (SSSR count). The molecule has 2 aliphatic rings. The lowest BCUT2D eigenvalue weighted by molar-refractivity contribution is -0.122. The van der Waals surface area contributed by atoms with Crippen molar-refractivity contribution in [3.63, 3.8) is 0 Å². The van der Waals surface area contributed by atoms with E-state index in [0.29, 0.717) is 23.8 Å². The first-order chi connectivity index (χ1) is 10.6. The Morgan fingerprint density at radius 3 is 2.73 bits per heavy atom. The van der Waals surface area contributed by atoms with Crippen molar-refractivity contribution in [2.75, 3.05) is 31.6 Å². The van der Waals surface area contributed by atoms with E-state index >= 15 is 0 Å². The number of hydrogen-bond donors (Lipinski definition) is 2. The molecule has 2 amide bonds. The van der Waals surface area contributed by atoms with Crippen molar-refractivity contribution < 1.29 is 14.3 Å². The highest BCUT2D eigenvalue weighted by molar-refractivity contribution is 7.17. The summed E-state index contributed by atoms with van der Waals surface area (Å²) < 4.78 is 5.31. The van der Waals surface area contributed by atoms with Crippen LogP contribution >= 0.6 is 11.3 Å². The first-order valence-corrected chi connectivity index (χ1v) is 8.46. The van der Waals surface area contributed by atoms with Crippen LogP contribution < -0.4 is 11.1 Å². The number of primary amides is 1. The lowest BCUT2D eigenvalue weighted by atomic mass is 10.1. The van der Waals surface area contributed by atoms with E-state index < -0.39 is 5.91 Å². The molecule has 0 aromatic carbocycles. The zero-order valence-electron chi connectivity index (χ0n) is 12.7. The number of fused-ring (bicyclic) bond motifs is 1. The Kier molecular flexibility index (Phi) is 4.46. The minimum atomic E-state index is -0.450. The van der Waals surface area contributed by atoms with E-state index in [4.69, 9.17) is 10.5 Å². The summed E-state index contributed by atoms with van der Waals surface area (Å²) in [5, 5.41) is 3.53. The number of aryl methyl sites for hydroxylation is 1. The fraction of sp³-hybridized carbons (Fsp3) is 0.600. The molecule has 1 fully saturated rings. The first kappa shape index (κ1) is 15.5. The number of nitrogens with zero attached hydrogens (tertiary/aromatic N) is 1. The zero-order valence-corrected chi connectivity index (χ0v) is 13.5. The number of thiophene rings is 1. The highest BCUT2D eigenvalue weighted by Gasteiger charge is 2.28. The number of ether oxygens (including phenoxy) is 1. The fourth-order valence-corrected chi connectivity index (χ4v) is 4.40. The molecule has 3 N–H and O–H groups in total. The minimum absolute atomic E-state index is 0.0932. The Balaban J connectivity index is 1.75. The van der Waals surface area contributed by atoms with Gasteiger partial charge in [0.1, 0.15) is 5.00 Å². The molecular weight excluding hydrogens is 302 g/mol. The number of hydrogen-bond acceptors (Lipinski definition) is 5. The van der Waals surface area contributed by atoms with Crippen molar-refractivity contribution in [2.24, 2.45) is 5.73 Å². The number of nitrogens with one attached hydrogen (secondary N) is 1. The summed E-state index contributed by atoms with van der Waals surface area (Å²) in [4.78, 5) is 27.5. The molecule has 1 aromatic rings.